The lowest BCUT2D eigenvalue weighted by Gasteiger charge is -2.11. The third-order valence-corrected chi connectivity index (χ3v) is 3.24. The smallest absolute Gasteiger partial charge is 0.148 e. The minimum Gasteiger partial charge on any atom is -0.454 e. The molecule has 0 spiro atoms. The van der Waals surface area contributed by atoms with E-state index in [1.54, 1.807) is 18.2 Å². The maximum Gasteiger partial charge on any atom is 0.148 e. The van der Waals surface area contributed by atoms with Gasteiger partial charge in [-0.15, -0.1) is 0 Å². The van der Waals surface area contributed by atoms with Crippen LogP contribution in [0.25, 0.3) is 0 Å². The Morgan fingerprint density at radius 1 is 1.28 bits per heavy atom. The van der Waals surface area contributed by atoms with Gasteiger partial charge in [0.25, 0.3) is 0 Å². The van der Waals surface area contributed by atoms with Crippen LogP contribution in [0, 0.1) is 18.3 Å². The summed E-state index contributed by atoms with van der Waals surface area (Å²) in [4.78, 5) is 0. The Balaban J connectivity index is 2.46. The van der Waals surface area contributed by atoms with Gasteiger partial charge in [0.2, 0.25) is 0 Å². The average Bonchev–Trinajstić information content (AvgIpc) is 2.36. The van der Waals surface area contributed by atoms with Crippen LogP contribution in [0.1, 0.15) is 11.1 Å². The van der Waals surface area contributed by atoms with Crippen molar-refractivity contribution < 1.29 is 4.74 Å². The van der Waals surface area contributed by atoms with Crippen molar-refractivity contribution in [2.24, 2.45) is 0 Å². The van der Waals surface area contributed by atoms with E-state index >= 15 is 0 Å². The van der Waals surface area contributed by atoms with Gasteiger partial charge >= 0.3 is 0 Å². The molecule has 2 aromatic rings. The molecule has 0 saturated heterocycles. The number of rotatable bonds is 2. The zero-order valence-electron chi connectivity index (χ0n) is 9.58. The van der Waals surface area contributed by atoms with Gasteiger partial charge < -0.3 is 4.74 Å². The Hall–Kier alpha value is -1.50. The van der Waals surface area contributed by atoms with E-state index in [-0.39, 0.29) is 0 Å². The molecule has 0 bridgehead atoms. The lowest BCUT2D eigenvalue weighted by atomic mass is 10.1. The quantitative estimate of drug-likeness (QED) is 0.773. The summed E-state index contributed by atoms with van der Waals surface area (Å²) in [7, 11) is 0. The second-order valence-corrected chi connectivity index (χ2v) is 5.06. The van der Waals surface area contributed by atoms with E-state index in [2.05, 4.69) is 22.0 Å². The van der Waals surface area contributed by atoms with Crippen molar-refractivity contribution in [1.29, 1.82) is 5.26 Å². The summed E-state index contributed by atoms with van der Waals surface area (Å²) >= 11 is 9.43. The predicted octanol–water partition coefficient (Wildman–Crippen LogP) is 5.07. The molecular weight excluding hydrogens is 314 g/mol. The molecule has 0 saturated carbocycles. The van der Waals surface area contributed by atoms with Crippen LogP contribution in [-0.4, -0.2) is 0 Å². The maximum atomic E-state index is 9.07. The highest BCUT2D eigenvalue weighted by atomic mass is 79.9. The van der Waals surface area contributed by atoms with Gasteiger partial charge in [0.05, 0.1) is 10.6 Å². The molecule has 4 heteroatoms. The van der Waals surface area contributed by atoms with Crippen LogP contribution in [0.3, 0.4) is 0 Å². The molecule has 0 atom stereocenters. The molecule has 0 aliphatic rings. The van der Waals surface area contributed by atoms with Crippen molar-refractivity contribution in [1.82, 2.24) is 0 Å². The molecule has 2 nitrogen and oxygen atoms in total. The second kappa shape index (κ2) is 5.43. The lowest BCUT2D eigenvalue weighted by Crippen LogP contribution is -1.92. The summed E-state index contributed by atoms with van der Waals surface area (Å²) in [6.45, 7) is 1.89. The number of benzene rings is 2. The summed E-state index contributed by atoms with van der Waals surface area (Å²) < 4.78 is 6.63. The highest BCUT2D eigenvalue weighted by Gasteiger charge is 2.10. The van der Waals surface area contributed by atoms with E-state index in [1.165, 1.54) is 0 Å². The normalized spacial score (nSPS) is 9.89. The van der Waals surface area contributed by atoms with Gasteiger partial charge in [0.1, 0.15) is 17.6 Å². The molecule has 0 radical (unpaired) electrons. The fourth-order valence-corrected chi connectivity index (χ4v) is 2.04. The van der Waals surface area contributed by atoms with Crippen molar-refractivity contribution in [3.63, 3.8) is 0 Å². The molecule has 0 N–H and O–H groups in total. The molecule has 18 heavy (non-hydrogen) atoms. The third-order valence-electron chi connectivity index (χ3n) is 2.44. The number of halogens is 2. The zero-order chi connectivity index (χ0) is 13.1. The lowest BCUT2D eigenvalue weighted by molar-refractivity contribution is 0.477. The Bertz CT molecular complexity index is 634. The van der Waals surface area contributed by atoms with Gasteiger partial charge in [-0.2, -0.15) is 5.26 Å². The molecule has 0 heterocycles. The van der Waals surface area contributed by atoms with Gasteiger partial charge in [-0.05, 0) is 36.8 Å². The molecule has 0 aliphatic carbocycles. The Labute approximate surface area is 119 Å². The van der Waals surface area contributed by atoms with Crippen molar-refractivity contribution in [3.05, 3.63) is 57.0 Å². The fourth-order valence-electron chi connectivity index (χ4n) is 1.54. The van der Waals surface area contributed by atoms with Gasteiger partial charge in [0, 0.05) is 4.47 Å². The van der Waals surface area contributed by atoms with Crippen molar-refractivity contribution in [2.45, 2.75) is 6.92 Å². The van der Waals surface area contributed by atoms with Crippen molar-refractivity contribution in [2.75, 3.05) is 0 Å². The number of hydrogen-bond acceptors (Lipinski definition) is 2. The van der Waals surface area contributed by atoms with Crippen LogP contribution in [-0.2, 0) is 0 Å². The van der Waals surface area contributed by atoms with Crippen molar-refractivity contribution in [3.8, 4) is 17.6 Å². The zero-order valence-corrected chi connectivity index (χ0v) is 11.9. The Kier molecular flexibility index (Phi) is 3.90. The predicted molar refractivity (Wildman–Crippen MR) is 75.1 cm³/mol. The van der Waals surface area contributed by atoms with Gasteiger partial charge in [0.15, 0.2) is 0 Å². The first-order valence-corrected chi connectivity index (χ1v) is 6.41. The first-order valence-electron chi connectivity index (χ1n) is 5.24. The average molecular weight is 323 g/mol. The van der Waals surface area contributed by atoms with E-state index in [1.807, 2.05) is 25.1 Å². The summed E-state index contributed by atoms with van der Waals surface area (Å²) in [5, 5.41) is 9.58. The van der Waals surface area contributed by atoms with E-state index < -0.39 is 0 Å². The first-order chi connectivity index (χ1) is 8.61. The van der Waals surface area contributed by atoms with E-state index in [4.69, 9.17) is 21.6 Å². The summed E-state index contributed by atoms with van der Waals surface area (Å²) in [6, 6.07) is 12.9. The topological polar surface area (TPSA) is 33.0 Å². The van der Waals surface area contributed by atoms with Crippen LogP contribution < -0.4 is 4.74 Å². The molecule has 90 valence electrons. The molecular formula is C14H9BrClNO. The minimum atomic E-state index is 0.492. The number of ether oxygens (including phenoxy) is 1. The molecule has 0 aliphatic heterocycles. The van der Waals surface area contributed by atoms with Crippen LogP contribution in [0.4, 0.5) is 0 Å². The maximum absolute atomic E-state index is 9.07. The fraction of sp³-hybridized carbons (Fsp3) is 0.0714. The monoisotopic (exact) mass is 321 g/mol. The highest BCUT2D eigenvalue weighted by Crippen LogP contribution is 2.34. The summed E-state index contributed by atoms with van der Waals surface area (Å²) in [5.74, 6) is 1.07. The summed E-state index contributed by atoms with van der Waals surface area (Å²) in [5.41, 5.74) is 1.39. The van der Waals surface area contributed by atoms with Crippen molar-refractivity contribution >= 4 is 27.5 Å². The molecule has 2 aromatic carbocycles. The number of nitriles is 1. The van der Waals surface area contributed by atoms with Crippen LogP contribution in [0.5, 0.6) is 11.5 Å². The Morgan fingerprint density at radius 2 is 2.06 bits per heavy atom. The highest BCUT2D eigenvalue weighted by molar-refractivity contribution is 9.10. The van der Waals surface area contributed by atoms with Crippen LogP contribution in [0.15, 0.2) is 40.9 Å². The van der Waals surface area contributed by atoms with Gasteiger partial charge in [-0.1, -0.05) is 39.7 Å². The number of nitrogens with zero attached hydrogens (tertiary/aromatic N) is 1. The number of para-hydroxylation sites is 1. The molecule has 0 unspecified atom stereocenters. The molecule has 0 aromatic heterocycles. The SMILES string of the molecule is Cc1cccc(C#N)c1Oc1cc(Br)ccc1Cl. The standard InChI is InChI=1S/C14H9BrClNO/c1-9-3-2-4-10(8-17)14(9)18-13-7-11(15)5-6-12(13)16/h2-7H,1H3. The Morgan fingerprint density at radius 3 is 2.78 bits per heavy atom. The van der Waals surface area contributed by atoms with Crippen LogP contribution in [0.2, 0.25) is 5.02 Å². The van der Waals surface area contributed by atoms with Gasteiger partial charge in [-0.25, -0.2) is 0 Å². The molecule has 0 amide bonds. The van der Waals surface area contributed by atoms with Crippen LogP contribution >= 0.6 is 27.5 Å². The third kappa shape index (κ3) is 2.66. The minimum absolute atomic E-state index is 0.492. The van der Waals surface area contributed by atoms with Gasteiger partial charge in [-0.3, -0.25) is 0 Å². The van der Waals surface area contributed by atoms with E-state index in [0.29, 0.717) is 22.1 Å². The number of aryl methyl sites for hydroxylation is 1. The molecule has 0 fully saturated rings. The summed E-state index contributed by atoms with van der Waals surface area (Å²) in [6.07, 6.45) is 0. The van der Waals surface area contributed by atoms with E-state index in [9.17, 15) is 0 Å². The number of hydrogen-bond donors (Lipinski definition) is 0. The largest absolute Gasteiger partial charge is 0.454 e. The molecule has 2 rings (SSSR count). The van der Waals surface area contributed by atoms with E-state index in [0.717, 1.165) is 10.0 Å². The second-order valence-electron chi connectivity index (χ2n) is 3.74. The first kappa shape index (κ1) is 12.9.